The van der Waals surface area contributed by atoms with Crippen LogP contribution in [0.25, 0.3) is 0 Å². The van der Waals surface area contributed by atoms with E-state index in [2.05, 4.69) is 11.2 Å². The Balaban J connectivity index is 1.40. The number of likely N-dealkylation sites (tertiary alicyclic amines) is 1. The van der Waals surface area contributed by atoms with Crippen molar-refractivity contribution in [3.8, 4) is 5.75 Å². The van der Waals surface area contributed by atoms with Crippen molar-refractivity contribution in [3.05, 3.63) is 47.3 Å². The molecule has 23 heavy (non-hydrogen) atoms. The van der Waals surface area contributed by atoms with Crippen molar-refractivity contribution in [3.63, 3.8) is 0 Å². The molecule has 0 aliphatic carbocycles. The summed E-state index contributed by atoms with van der Waals surface area (Å²) < 4.78 is 7.66. The Morgan fingerprint density at radius 2 is 2.13 bits per heavy atom. The van der Waals surface area contributed by atoms with Gasteiger partial charge in [0.15, 0.2) is 0 Å². The summed E-state index contributed by atoms with van der Waals surface area (Å²) in [5.41, 5.74) is 3.32. The van der Waals surface area contributed by atoms with E-state index in [1.165, 1.54) is 5.56 Å². The Morgan fingerprint density at radius 3 is 2.87 bits per heavy atom. The molecule has 1 aromatic heterocycles. The summed E-state index contributed by atoms with van der Waals surface area (Å²) in [5.74, 6) is 1.18. The minimum Gasteiger partial charge on any atom is -0.493 e. The first kappa shape index (κ1) is 14.3. The number of carbonyl (C=O) groups excluding carboxylic acids is 1. The van der Waals surface area contributed by atoms with Gasteiger partial charge in [-0.25, -0.2) is 0 Å². The molecule has 120 valence electrons. The first-order chi connectivity index (χ1) is 11.0. The highest BCUT2D eigenvalue weighted by molar-refractivity contribution is 5.80. The topological polar surface area (TPSA) is 47.4 Å². The average Bonchev–Trinajstić information content (AvgIpc) is 2.82. The number of carbonyl (C=O) groups is 1. The molecule has 1 spiro atoms. The zero-order valence-electron chi connectivity index (χ0n) is 13.6. The van der Waals surface area contributed by atoms with Crippen molar-refractivity contribution in [2.45, 2.75) is 19.8 Å². The summed E-state index contributed by atoms with van der Waals surface area (Å²) in [4.78, 5) is 14.4. The van der Waals surface area contributed by atoms with Crippen LogP contribution in [0.15, 0.2) is 30.5 Å². The molecule has 1 saturated heterocycles. The van der Waals surface area contributed by atoms with Crippen LogP contribution in [-0.4, -0.2) is 40.3 Å². The van der Waals surface area contributed by atoms with Crippen LogP contribution >= 0.6 is 0 Å². The molecule has 2 aromatic rings. The Bertz CT molecular complexity index is 759. The second kappa shape index (κ2) is 5.11. The van der Waals surface area contributed by atoms with Crippen molar-refractivity contribution in [1.29, 1.82) is 0 Å². The number of hydrogen-bond acceptors (Lipinski definition) is 3. The summed E-state index contributed by atoms with van der Waals surface area (Å²) in [6.07, 6.45) is 3.37. The molecule has 2 aliphatic heterocycles. The standard InChI is InChI=1S/C18H21N3O2/c1-13-15(9-20(2)19-13)7-17(22)21-10-18(11-21)8-14-5-3-4-6-16(14)23-12-18/h3-6,9H,7-8,10-12H2,1-2H3. The van der Waals surface area contributed by atoms with E-state index in [-0.39, 0.29) is 11.3 Å². The molecular formula is C18H21N3O2. The van der Waals surface area contributed by atoms with Crippen LogP contribution in [0.2, 0.25) is 0 Å². The van der Waals surface area contributed by atoms with Crippen molar-refractivity contribution in [2.24, 2.45) is 12.5 Å². The fourth-order valence-corrected chi connectivity index (χ4v) is 3.72. The lowest BCUT2D eigenvalue weighted by Gasteiger charge is -2.51. The fraction of sp³-hybridized carbons (Fsp3) is 0.444. The molecule has 0 atom stereocenters. The van der Waals surface area contributed by atoms with Crippen LogP contribution in [0.3, 0.4) is 0 Å². The number of ether oxygens (including phenoxy) is 1. The Kier molecular flexibility index (Phi) is 3.18. The van der Waals surface area contributed by atoms with Gasteiger partial charge in [-0.2, -0.15) is 5.10 Å². The largest absolute Gasteiger partial charge is 0.493 e. The van der Waals surface area contributed by atoms with Gasteiger partial charge in [-0.3, -0.25) is 9.48 Å². The first-order valence-electron chi connectivity index (χ1n) is 8.02. The van der Waals surface area contributed by atoms with Crippen molar-refractivity contribution in [2.75, 3.05) is 19.7 Å². The highest BCUT2D eigenvalue weighted by Gasteiger charge is 2.47. The summed E-state index contributed by atoms with van der Waals surface area (Å²) in [7, 11) is 1.89. The van der Waals surface area contributed by atoms with Gasteiger partial charge in [0.05, 0.1) is 18.7 Å². The van der Waals surface area contributed by atoms with E-state index in [9.17, 15) is 4.79 Å². The molecule has 4 rings (SSSR count). The third-order valence-electron chi connectivity index (χ3n) is 4.93. The number of aromatic nitrogens is 2. The number of aryl methyl sites for hydroxylation is 2. The van der Waals surface area contributed by atoms with Gasteiger partial charge < -0.3 is 9.64 Å². The lowest BCUT2D eigenvalue weighted by atomic mass is 9.74. The maximum absolute atomic E-state index is 12.5. The Labute approximate surface area is 135 Å². The van der Waals surface area contributed by atoms with Gasteiger partial charge in [0.25, 0.3) is 0 Å². The Morgan fingerprint density at radius 1 is 1.35 bits per heavy atom. The van der Waals surface area contributed by atoms with Gasteiger partial charge in [0.2, 0.25) is 5.91 Å². The van der Waals surface area contributed by atoms with E-state index >= 15 is 0 Å². The monoisotopic (exact) mass is 311 g/mol. The predicted octanol–water partition coefficient (Wildman–Crippen LogP) is 1.73. The minimum absolute atomic E-state index is 0.105. The van der Waals surface area contributed by atoms with E-state index in [4.69, 9.17) is 4.74 Å². The molecule has 1 fully saturated rings. The normalized spacial score (nSPS) is 18.3. The number of nitrogens with zero attached hydrogens (tertiary/aromatic N) is 3. The van der Waals surface area contributed by atoms with Gasteiger partial charge in [-0.05, 0) is 25.0 Å². The average molecular weight is 311 g/mol. The number of benzene rings is 1. The molecule has 0 bridgehead atoms. The second-order valence-electron chi connectivity index (χ2n) is 6.91. The highest BCUT2D eigenvalue weighted by atomic mass is 16.5. The van der Waals surface area contributed by atoms with Crippen molar-refractivity contribution >= 4 is 5.91 Å². The second-order valence-corrected chi connectivity index (χ2v) is 6.91. The molecule has 0 N–H and O–H groups in total. The first-order valence-corrected chi connectivity index (χ1v) is 8.02. The summed E-state index contributed by atoms with van der Waals surface area (Å²) in [6, 6.07) is 8.20. The van der Waals surface area contributed by atoms with E-state index in [1.54, 1.807) is 4.68 Å². The maximum atomic E-state index is 12.5. The zero-order chi connectivity index (χ0) is 16.0. The molecule has 5 nitrogen and oxygen atoms in total. The van der Waals surface area contributed by atoms with Crippen LogP contribution in [0, 0.1) is 12.3 Å². The predicted molar refractivity (Wildman–Crippen MR) is 86.3 cm³/mol. The van der Waals surface area contributed by atoms with Crippen LogP contribution < -0.4 is 4.74 Å². The molecule has 2 aliphatic rings. The number of fused-ring (bicyclic) bond motifs is 1. The number of para-hydroxylation sites is 1. The zero-order valence-corrected chi connectivity index (χ0v) is 13.6. The summed E-state index contributed by atoms with van der Waals surface area (Å²) in [5, 5.41) is 4.30. The highest BCUT2D eigenvalue weighted by Crippen LogP contribution is 2.41. The van der Waals surface area contributed by atoms with E-state index < -0.39 is 0 Å². The van der Waals surface area contributed by atoms with Crippen molar-refractivity contribution < 1.29 is 9.53 Å². The van der Waals surface area contributed by atoms with Crippen LogP contribution in [-0.2, 0) is 24.7 Å². The number of rotatable bonds is 2. The number of hydrogen-bond donors (Lipinski definition) is 0. The smallest absolute Gasteiger partial charge is 0.227 e. The Hall–Kier alpha value is -2.30. The lowest BCUT2D eigenvalue weighted by molar-refractivity contribution is -0.145. The minimum atomic E-state index is 0.105. The third kappa shape index (κ3) is 2.50. The maximum Gasteiger partial charge on any atom is 0.227 e. The van der Waals surface area contributed by atoms with Gasteiger partial charge in [-0.15, -0.1) is 0 Å². The van der Waals surface area contributed by atoms with Crippen LogP contribution in [0.1, 0.15) is 16.8 Å². The molecule has 0 saturated carbocycles. The van der Waals surface area contributed by atoms with Gasteiger partial charge in [-0.1, -0.05) is 18.2 Å². The van der Waals surface area contributed by atoms with E-state index in [1.807, 2.05) is 43.3 Å². The molecular weight excluding hydrogens is 290 g/mol. The van der Waals surface area contributed by atoms with E-state index in [0.717, 1.165) is 36.5 Å². The van der Waals surface area contributed by atoms with Crippen LogP contribution in [0.4, 0.5) is 0 Å². The SMILES string of the molecule is Cc1nn(C)cc1CC(=O)N1CC2(COc3ccccc3C2)C1. The summed E-state index contributed by atoms with van der Waals surface area (Å²) >= 11 is 0. The molecule has 0 unspecified atom stereocenters. The molecule has 1 aromatic carbocycles. The van der Waals surface area contributed by atoms with E-state index in [0.29, 0.717) is 13.0 Å². The van der Waals surface area contributed by atoms with Gasteiger partial charge in [0, 0.05) is 37.3 Å². The lowest BCUT2D eigenvalue weighted by Crippen LogP contribution is -2.63. The summed E-state index contributed by atoms with van der Waals surface area (Å²) in [6.45, 7) is 4.24. The van der Waals surface area contributed by atoms with Crippen LogP contribution in [0.5, 0.6) is 5.75 Å². The van der Waals surface area contributed by atoms with Crippen molar-refractivity contribution in [1.82, 2.24) is 14.7 Å². The van der Waals surface area contributed by atoms with Gasteiger partial charge in [0.1, 0.15) is 5.75 Å². The molecule has 0 radical (unpaired) electrons. The quantitative estimate of drug-likeness (QED) is 0.849. The third-order valence-corrected chi connectivity index (χ3v) is 4.93. The van der Waals surface area contributed by atoms with Gasteiger partial charge >= 0.3 is 0 Å². The number of amides is 1. The molecule has 1 amide bonds. The molecule has 5 heteroatoms. The molecule has 3 heterocycles. The fourth-order valence-electron chi connectivity index (χ4n) is 3.72.